The summed E-state index contributed by atoms with van der Waals surface area (Å²) in [5, 5.41) is 2.86. The van der Waals surface area contributed by atoms with E-state index in [1.54, 1.807) is 36.4 Å². The van der Waals surface area contributed by atoms with Gasteiger partial charge in [-0.15, -0.1) is 0 Å². The summed E-state index contributed by atoms with van der Waals surface area (Å²) in [4.78, 5) is 27.0. The molecular formula is C15H13ClN2O3. The molecule has 2 rings (SSSR count). The average molecular weight is 305 g/mol. The summed E-state index contributed by atoms with van der Waals surface area (Å²) in [6.45, 7) is 0. The van der Waals surface area contributed by atoms with Gasteiger partial charge in [0.1, 0.15) is 5.15 Å². The van der Waals surface area contributed by atoms with Crippen molar-refractivity contribution in [3.63, 3.8) is 0 Å². The number of nitrogens with zero attached hydrogens (tertiary/aromatic N) is 1. The summed E-state index contributed by atoms with van der Waals surface area (Å²) in [5.41, 5.74) is 1.71. The highest BCUT2D eigenvalue weighted by Gasteiger charge is 2.11. The van der Waals surface area contributed by atoms with E-state index < -0.39 is 0 Å². The van der Waals surface area contributed by atoms with Crippen LogP contribution in [0.15, 0.2) is 42.6 Å². The molecule has 0 aliphatic heterocycles. The lowest BCUT2D eigenvalue weighted by Gasteiger charge is -2.07. The highest BCUT2D eigenvalue weighted by molar-refractivity contribution is 6.33. The molecule has 0 saturated carbocycles. The Balaban J connectivity index is 2.05. The van der Waals surface area contributed by atoms with Gasteiger partial charge in [0, 0.05) is 11.9 Å². The van der Waals surface area contributed by atoms with Crippen LogP contribution >= 0.6 is 11.6 Å². The third-order valence-corrected chi connectivity index (χ3v) is 3.09. The smallest absolute Gasteiger partial charge is 0.309 e. The maximum atomic E-state index is 12.0. The SMILES string of the molecule is COC(=O)Cc1ccc(NC(=O)c2cccnc2Cl)cc1. The molecular weight excluding hydrogens is 292 g/mol. The molecule has 0 fully saturated rings. The number of methoxy groups -OCH3 is 1. The largest absolute Gasteiger partial charge is 0.469 e. The minimum absolute atomic E-state index is 0.150. The van der Waals surface area contributed by atoms with Crippen molar-refractivity contribution in [1.82, 2.24) is 4.98 Å². The summed E-state index contributed by atoms with van der Waals surface area (Å²) in [6, 6.07) is 10.1. The van der Waals surface area contributed by atoms with E-state index in [0.717, 1.165) is 5.56 Å². The van der Waals surface area contributed by atoms with Gasteiger partial charge < -0.3 is 10.1 Å². The number of carbonyl (C=O) groups is 2. The number of benzene rings is 1. The Bertz CT molecular complexity index is 656. The monoisotopic (exact) mass is 304 g/mol. The molecule has 21 heavy (non-hydrogen) atoms. The number of hydrogen-bond acceptors (Lipinski definition) is 4. The van der Waals surface area contributed by atoms with Gasteiger partial charge in [-0.3, -0.25) is 9.59 Å². The minimum atomic E-state index is -0.339. The van der Waals surface area contributed by atoms with E-state index in [9.17, 15) is 9.59 Å². The fourth-order valence-corrected chi connectivity index (χ4v) is 1.90. The number of aromatic nitrogens is 1. The number of carbonyl (C=O) groups excluding carboxylic acids is 2. The third kappa shape index (κ3) is 4.03. The van der Waals surface area contributed by atoms with Gasteiger partial charge in [-0.1, -0.05) is 23.7 Å². The fraction of sp³-hybridized carbons (Fsp3) is 0.133. The number of ether oxygens (including phenoxy) is 1. The van der Waals surface area contributed by atoms with Crippen LogP contribution in [-0.2, 0) is 16.0 Å². The first-order valence-electron chi connectivity index (χ1n) is 6.18. The topological polar surface area (TPSA) is 68.3 Å². The normalized spacial score (nSPS) is 10.0. The molecule has 0 saturated heterocycles. The van der Waals surface area contributed by atoms with E-state index in [0.29, 0.717) is 11.3 Å². The van der Waals surface area contributed by atoms with Crippen molar-refractivity contribution in [2.45, 2.75) is 6.42 Å². The third-order valence-electron chi connectivity index (χ3n) is 2.79. The summed E-state index contributed by atoms with van der Waals surface area (Å²) in [7, 11) is 1.34. The van der Waals surface area contributed by atoms with Crippen LogP contribution in [0.1, 0.15) is 15.9 Å². The predicted molar refractivity (Wildman–Crippen MR) is 79.4 cm³/mol. The molecule has 1 amide bonds. The van der Waals surface area contributed by atoms with Gasteiger partial charge in [0.05, 0.1) is 19.1 Å². The zero-order valence-corrected chi connectivity index (χ0v) is 12.1. The first-order valence-corrected chi connectivity index (χ1v) is 6.55. The van der Waals surface area contributed by atoms with Crippen molar-refractivity contribution in [3.8, 4) is 0 Å². The second kappa shape index (κ2) is 6.85. The van der Waals surface area contributed by atoms with Gasteiger partial charge in [-0.2, -0.15) is 0 Å². The molecule has 1 N–H and O–H groups in total. The predicted octanol–water partition coefficient (Wildman–Crippen LogP) is 2.70. The first-order chi connectivity index (χ1) is 10.1. The number of hydrogen-bond donors (Lipinski definition) is 1. The lowest BCUT2D eigenvalue weighted by atomic mass is 10.1. The zero-order valence-electron chi connectivity index (χ0n) is 11.3. The van der Waals surface area contributed by atoms with E-state index in [-0.39, 0.29) is 23.5 Å². The molecule has 5 nitrogen and oxygen atoms in total. The number of esters is 1. The Morgan fingerprint density at radius 3 is 2.57 bits per heavy atom. The van der Waals surface area contributed by atoms with Crippen molar-refractivity contribution in [2.75, 3.05) is 12.4 Å². The second-order valence-electron chi connectivity index (χ2n) is 4.25. The Labute approximate surface area is 126 Å². The Hall–Kier alpha value is -2.40. The van der Waals surface area contributed by atoms with Gasteiger partial charge in [0.15, 0.2) is 0 Å². The van der Waals surface area contributed by atoms with Gasteiger partial charge in [-0.05, 0) is 29.8 Å². The molecule has 2 aromatic rings. The van der Waals surface area contributed by atoms with Crippen LogP contribution in [0.25, 0.3) is 0 Å². The Morgan fingerprint density at radius 1 is 1.24 bits per heavy atom. The zero-order chi connectivity index (χ0) is 15.2. The van der Waals surface area contributed by atoms with Gasteiger partial charge in [-0.25, -0.2) is 4.98 Å². The minimum Gasteiger partial charge on any atom is -0.469 e. The highest BCUT2D eigenvalue weighted by Crippen LogP contribution is 2.15. The molecule has 1 aromatic carbocycles. The number of amides is 1. The highest BCUT2D eigenvalue weighted by atomic mass is 35.5. The Morgan fingerprint density at radius 2 is 1.95 bits per heavy atom. The first kappa shape index (κ1) is 15.0. The molecule has 1 aromatic heterocycles. The summed E-state index contributed by atoms with van der Waals surface area (Å²) >= 11 is 5.86. The fourth-order valence-electron chi connectivity index (χ4n) is 1.70. The van der Waals surface area contributed by atoms with E-state index in [1.165, 1.54) is 13.3 Å². The van der Waals surface area contributed by atoms with Crippen LogP contribution in [0, 0.1) is 0 Å². The second-order valence-corrected chi connectivity index (χ2v) is 4.60. The number of anilines is 1. The van der Waals surface area contributed by atoms with Crippen molar-refractivity contribution in [3.05, 3.63) is 58.9 Å². The average Bonchev–Trinajstić information content (AvgIpc) is 2.49. The molecule has 0 spiro atoms. The summed E-state index contributed by atoms with van der Waals surface area (Å²) in [6.07, 6.45) is 1.71. The molecule has 108 valence electrons. The van der Waals surface area contributed by atoms with Gasteiger partial charge in [0.25, 0.3) is 5.91 Å². The van der Waals surface area contributed by atoms with Crippen LogP contribution < -0.4 is 5.32 Å². The van der Waals surface area contributed by atoms with Crippen LogP contribution in [0.2, 0.25) is 5.15 Å². The summed E-state index contributed by atoms with van der Waals surface area (Å²) < 4.78 is 4.59. The van der Waals surface area contributed by atoms with Crippen molar-refractivity contribution >= 4 is 29.2 Å². The lowest BCUT2D eigenvalue weighted by molar-refractivity contribution is -0.139. The molecule has 0 aliphatic carbocycles. The van der Waals surface area contributed by atoms with Crippen LogP contribution in [-0.4, -0.2) is 24.0 Å². The number of rotatable bonds is 4. The molecule has 1 heterocycles. The quantitative estimate of drug-likeness (QED) is 0.696. The number of nitrogens with one attached hydrogen (secondary N) is 1. The maximum absolute atomic E-state index is 12.0. The van der Waals surface area contributed by atoms with Crippen molar-refractivity contribution in [2.24, 2.45) is 0 Å². The summed E-state index contributed by atoms with van der Waals surface area (Å²) in [5.74, 6) is -0.650. The van der Waals surface area contributed by atoms with E-state index in [1.807, 2.05) is 0 Å². The molecule has 0 radical (unpaired) electrons. The van der Waals surface area contributed by atoms with Crippen molar-refractivity contribution in [1.29, 1.82) is 0 Å². The van der Waals surface area contributed by atoms with Crippen LogP contribution in [0.5, 0.6) is 0 Å². The standard InChI is InChI=1S/C15H13ClN2O3/c1-21-13(19)9-10-4-6-11(7-5-10)18-15(20)12-3-2-8-17-14(12)16/h2-8H,9H2,1H3,(H,18,20). The molecule has 0 bridgehead atoms. The van der Waals surface area contributed by atoms with E-state index in [2.05, 4.69) is 15.0 Å². The molecule has 6 heteroatoms. The number of pyridine rings is 1. The number of halogens is 1. The van der Waals surface area contributed by atoms with Crippen LogP contribution in [0.3, 0.4) is 0 Å². The van der Waals surface area contributed by atoms with E-state index in [4.69, 9.17) is 11.6 Å². The lowest BCUT2D eigenvalue weighted by Crippen LogP contribution is -2.13. The van der Waals surface area contributed by atoms with Gasteiger partial charge >= 0.3 is 5.97 Å². The van der Waals surface area contributed by atoms with Gasteiger partial charge in [0.2, 0.25) is 0 Å². The molecule has 0 unspecified atom stereocenters. The maximum Gasteiger partial charge on any atom is 0.309 e. The molecule has 0 atom stereocenters. The van der Waals surface area contributed by atoms with Crippen molar-refractivity contribution < 1.29 is 14.3 Å². The molecule has 0 aliphatic rings. The van der Waals surface area contributed by atoms with E-state index >= 15 is 0 Å². The Kier molecular flexibility index (Phi) is 4.90. The van der Waals surface area contributed by atoms with Crippen LogP contribution in [0.4, 0.5) is 5.69 Å².